The number of halogens is 1. The van der Waals surface area contributed by atoms with E-state index < -0.39 is 244 Å². The maximum absolute atomic E-state index is 16.6. The number of aromatic nitrogens is 20. The Morgan fingerprint density at radius 1 is 0.397 bits per heavy atom. The lowest BCUT2D eigenvalue weighted by Gasteiger charge is -2.29. The summed E-state index contributed by atoms with van der Waals surface area (Å²) in [6.45, 7) is -3.59. The summed E-state index contributed by atoms with van der Waals surface area (Å²) in [5, 5.41) is 47.5. The molecule has 70 heteroatoms. The molecule has 6 bridgehead atoms. The Kier molecular flexibility index (Phi) is 24.9. The molecule has 0 aromatic carbocycles. The minimum absolute atomic E-state index is 0.0138. The first kappa shape index (κ1) is 94.9. The van der Waals surface area contributed by atoms with Crippen LogP contribution in [-0.2, 0) is 110 Å². The van der Waals surface area contributed by atoms with Crippen molar-refractivity contribution in [1.29, 1.82) is 0 Å². The van der Waals surface area contributed by atoms with Gasteiger partial charge in [0.2, 0.25) is 17.8 Å². The highest BCUT2D eigenvalue weighted by molar-refractivity contribution is 7.48. The lowest BCUT2D eigenvalue weighted by atomic mass is 9.98. The van der Waals surface area contributed by atoms with Gasteiger partial charge in [0.1, 0.15) is 108 Å². The Morgan fingerprint density at radius 2 is 0.779 bits per heavy atom. The Bertz CT molecular complexity index is 7150. The molecule has 9 aliphatic rings. The van der Waals surface area contributed by atoms with Crippen molar-refractivity contribution in [3.05, 3.63) is 112 Å². The number of nitrogen functional groups attached to an aromatic ring is 5. The summed E-state index contributed by atoms with van der Waals surface area (Å²) in [4.78, 5) is 153. The van der Waals surface area contributed by atoms with Gasteiger partial charge in [-0.15, -0.1) is 0 Å². The number of fused-ring (bicyclic) bond motifs is 15. The van der Waals surface area contributed by atoms with Gasteiger partial charge < -0.3 is 117 Å². The van der Waals surface area contributed by atoms with E-state index >= 15 is 4.39 Å². The third-order valence-corrected chi connectivity index (χ3v) is 28.8. The molecule has 0 spiro atoms. The number of H-pyrrole nitrogens is 3. The molecule has 12 aromatic heterocycles. The number of aliphatic hydroxyl groups is 4. The average Bonchev–Trinajstić information content (AvgIpc) is 1.58. The van der Waals surface area contributed by atoms with E-state index in [2.05, 4.69) is 75.1 Å². The molecule has 29 atom stereocenters. The molecule has 0 amide bonds. The van der Waals surface area contributed by atoms with Crippen molar-refractivity contribution >= 4 is 149 Å². The number of hydrogen-bond acceptors (Lipinski definition) is 48. The Hall–Kier alpha value is -10.0. The number of pyridine rings is 3. The van der Waals surface area contributed by atoms with Crippen LogP contribution < -0.4 is 50.7 Å². The molecule has 9 aliphatic heterocycles. The second kappa shape index (κ2) is 35.7. The first-order chi connectivity index (χ1) is 64.4. The molecule has 9 saturated heterocycles. The van der Waals surface area contributed by atoms with Crippen LogP contribution in [0, 0.1) is 0 Å². The molecule has 0 aliphatic carbocycles. The van der Waals surface area contributed by atoms with Gasteiger partial charge in [0.25, 0.3) is 16.7 Å². The minimum atomic E-state index is -5.10. The topological polar surface area (TPSA) is 883 Å². The fourth-order valence-electron chi connectivity index (χ4n) is 16.7. The van der Waals surface area contributed by atoms with Gasteiger partial charge >= 0.3 is 46.9 Å². The first-order valence-corrected chi connectivity index (χ1v) is 49.1. The van der Waals surface area contributed by atoms with Crippen LogP contribution >= 0.6 is 46.9 Å². The summed E-state index contributed by atoms with van der Waals surface area (Å²) < 4.78 is 201. The van der Waals surface area contributed by atoms with Gasteiger partial charge in [-0.1, -0.05) is 0 Å². The summed E-state index contributed by atoms with van der Waals surface area (Å²) >= 11 is 0. The zero-order chi connectivity index (χ0) is 96.3. The third-order valence-electron chi connectivity index (χ3n) is 22.9. The largest absolute Gasteiger partial charge is 0.472 e. The number of hydrogen-bond donors (Lipinski definition) is 19. The van der Waals surface area contributed by atoms with Gasteiger partial charge in [-0.05, 0) is 31.2 Å². The Balaban J connectivity index is 0.000000131. The first-order valence-electron chi connectivity index (χ1n) is 40.1. The van der Waals surface area contributed by atoms with Crippen molar-refractivity contribution in [2.24, 2.45) is 0 Å². The number of ether oxygens (including phenoxy) is 6. The number of phosphoric acid groups is 6. The van der Waals surface area contributed by atoms with E-state index in [0.717, 1.165) is 17.8 Å². The SMILES string of the molecule is CNc1ccnc2c1ncn2[C@@H]1O[C@@H]2COP(=O)(O)O[C@@H]3[C@H](O)[C@@H](COP(=O)(O)O[C@H]2[C@H]1O)O[C@H]3n1cnc2c(=O)[nH]c(N)nc21.C[C@@]1(F)C(n2cnc3c(N)ccnc32)O[C@@H]2COP(=O)(O)O[C@@H]3C[C@@H](COP(=O)(O)O[C@H]21)OC3n1cnc2c(=O)[nH]c(N)nc21.Nc1nc2c(ccn2[C@@H]2OC3COP(=O)(O)O[C@@H]4C(COP(=O)(O)O[C@@H]2[C@@H]3O)O[C@@H](n2cnc3c(N)ccnc32)[C@@H]4O)c(=O)[nH]1. The quantitative estimate of drug-likeness (QED) is 0.0787. The highest BCUT2D eigenvalue weighted by Gasteiger charge is 2.62. The summed E-state index contributed by atoms with van der Waals surface area (Å²) in [7, 11) is -28.6. The number of nitrogens with zero attached hydrogens (tertiary/aromatic N) is 17. The molecule has 10 unspecified atom stereocenters. The summed E-state index contributed by atoms with van der Waals surface area (Å²) in [5.74, 6) is -0.747. The second-order valence-electron chi connectivity index (χ2n) is 31.7. The molecular weight excluding hydrogens is 1950 g/mol. The number of rotatable bonds is 7. The van der Waals surface area contributed by atoms with E-state index in [1.54, 1.807) is 13.1 Å². The lowest BCUT2D eigenvalue weighted by molar-refractivity contribution is -0.0674. The van der Waals surface area contributed by atoms with Crippen LogP contribution in [0.1, 0.15) is 50.7 Å². The number of aromatic amines is 3. The van der Waals surface area contributed by atoms with Crippen molar-refractivity contribution in [3.8, 4) is 0 Å². The van der Waals surface area contributed by atoms with Gasteiger partial charge in [0.15, 0.2) is 88.0 Å². The molecule has 21 rings (SSSR count). The minimum Gasteiger partial charge on any atom is -0.397 e. The maximum Gasteiger partial charge on any atom is 0.472 e. The maximum atomic E-state index is 16.6. The van der Waals surface area contributed by atoms with Gasteiger partial charge in [0, 0.05) is 38.3 Å². The highest BCUT2D eigenvalue weighted by Crippen LogP contribution is 2.60. The van der Waals surface area contributed by atoms with E-state index in [-0.39, 0.29) is 91.5 Å². The van der Waals surface area contributed by atoms with Crippen LogP contribution in [0.4, 0.5) is 39.3 Å². The van der Waals surface area contributed by atoms with E-state index in [0.29, 0.717) is 16.7 Å². The van der Waals surface area contributed by atoms with E-state index in [9.17, 15) is 91.6 Å². The second-order valence-corrected chi connectivity index (χ2v) is 40.1. The van der Waals surface area contributed by atoms with E-state index in [1.165, 1.54) is 91.1 Å². The molecule has 24 N–H and O–H groups in total. The predicted octanol–water partition coefficient (Wildman–Crippen LogP) is -1.75. The van der Waals surface area contributed by atoms with E-state index in [4.69, 9.17) is 111 Å². The fourth-order valence-corrected chi connectivity index (χ4v) is 22.5. The number of aliphatic hydroxyl groups excluding tert-OH is 4. The highest BCUT2D eigenvalue weighted by atomic mass is 31.2. The number of nitrogens with one attached hydrogen (secondary N) is 4. The molecule has 0 radical (unpaired) electrons. The van der Waals surface area contributed by atoms with E-state index in [1.807, 2.05) is 0 Å². The standard InChI is InChI=1S/C22H26FN9O11P2.C22H27N9O13P2.C22H26N8O13P2/c1-22(23)15-12(41-20(22)32-8-27-13-10(24)2-3-26-16(13)32)6-39-44(34,35)42-11-4-9(5-38-45(36,37)43-15)40-19(11)31-7-28-14-17(31)29-21(25)30-18(14)33;1-24-8-2-3-25-17-11(8)26-6-30(17)20-14(33)15-10(42-20)5-40-46(37,38)44-16-13(32)9(4-39-45(35,36)43-15)41-21(16)31-7-27-12-18(31)28-22(23)29-19(12)34;23-9-1-3-25-18-12(9)26-7-30(18)20-14(32)15-11(41-20)6-39-45(36,37)43-16-13(31)10(5-38-44(34,35)42-15)40-21(16)29-4-2-8-17(29)27-22(24)28-19(8)33/h2-3,7-9,11-12,15,19-20H,4-6H2,1H3,(H2,24,26)(H,34,35)(H,36,37)(H3,25,29,30,33);2-3,6-7,9-10,13-16,20-21,32-33H,4-5H2,1H3,(H,24,25)(H,35,36)(H,37,38)(H3,23,28,29,34);1-4,7,10-11,13-16,20-21,31-32H,5-6H2,(H2,23,25)(H,34,35)(H,36,37)(H3,24,27,28,33)/t9-,11+,12+,15+,19?,20?,22-;9-,10-,13-,14-,15-,16-,20-,21-;10?,11?,13-,14-,15-,16-,20-,21-/m011/s1. The molecule has 9 fully saturated rings. The molecule has 136 heavy (non-hydrogen) atoms. The number of phosphoric ester groups is 6. The Labute approximate surface area is 753 Å². The van der Waals surface area contributed by atoms with Crippen molar-refractivity contribution < 1.29 is 164 Å². The van der Waals surface area contributed by atoms with Crippen molar-refractivity contribution in [1.82, 2.24) is 97.2 Å². The lowest BCUT2D eigenvalue weighted by Crippen LogP contribution is -2.42. The normalized spacial score (nSPS) is 37.5. The number of alkyl halides is 1. The van der Waals surface area contributed by atoms with Crippen LogP contribution in [0.2, 0.25) is 0 Å². The molecular formula is C66H79FN26O37P6. The summed E-state index contributed by atoms with van der Waals surface area (Å²) in [6, 6.07) is 6.05. The molecule has 12 aromatic rings. The van der Waals surface area contributed by atoms with Crippen molar-refractivity contribution in [3.63, 3.8) is 0 Å². The third kappa shape index (κ3) is 18.1. The van der Waals surface area contributed by atoms with Gasteiger partial charge in [-0.2, -0.15) is 15.0 Å². The fraction of sp³-hybridized carbons (Fsp3) is 0.485. The van der Waals surface area contributed by atoms with Crippen LogP contribution in [0.25, 0.3) is 66.9 Å². The van der Waals surface area contributed by atoms with Crippen LogP contribution in [-0.4, -0.2) is 297 Å². The van der Waals surface area contributed by atoms with Crippen LogP contribution in [0.5, 0.6) is 0 Å². The molecule has 63 nitrogen and oxygen atoms in total. The molecule has 0 saturated carbocycles. The smallest absolute Gasteiger partial charge is 0.397 e. The van der Waals surface area contributed by atoms with Crippen LogP contribution in [0.15, 0.2) is 95.1 Å². The van der Waals surface area contributed by atoms with Gasteiger partial charge in [-0.3, -0.25) is 106 Å². The van der Waals surface area contributed by atoms with Crippen molar-refractivity contribution in [2.75, 3.05) is 80.7 Å². The zero-order valence-electron chi connectivity index (χ0n) is 69.2. The summed E-state index contributed by atoms with van der Waals surface area (Å²) in [5.41, 5.74) is 26.8. The zero-order valence-corrected chi connectivity index (χ0v) is 74.6. The van der Waals surface area contributed by atoms with Gasteiger partial charge in [-0.25, -0.2) is 71.7 Å². The number of nitrogens with two attached hydrogens (primary N) is 5. The summed E-state index contributed by atoms with van der Waals surface area (Å²) in [6.07, 6.45) is -21.8. The van der Waals surface area contributed by atoms with Crippen LogP contribution in [0.3, 0.4) is 0 Å². The number of imidazole rings is 5. The Morgan fingerprint density at radius 3 is 1.29 bits per heavy atom. The molecule has 732 valence electrons. The number of anilines is 6. The van der Waals surface area contributed by atoms with Crippen molar-refractivity contribution in [2.45, 2.75) is 154 Å². The monoisotopic (exact) mass is 2030 g/mol. The van der Waals surface area contributed by atoms with Gasteiger partial charge in [0.05, 0.1) is 99.8 Å². The predicted molar refractivity (Wildman–Crippen MR) is 446 cm³/mol. The molecule has 21 heterocycles. The average molecular weight is 2030 g/mol.